The van der Waals surface area contributed by atoms with Crippen molar-refractivity contribution in [3.8, 4) is 5.88 Å². The minimum Gasteiger partial charge on any atom is -0.492 e. The molecule has 0 bridgehead atoms. The number of thiazole rings is 1. The molecule has 1 aromatic heterocycles. The largest absolute Gasteiger partial charge is 0.492 e. The van der Waals surface area contributed by atoms with Crippen LogP contribution < -0.4 is 10.6 Å². The highest BCUT2D eigenvalue weighted by Gasteiger charge is 2.23. The molecule has 1 heterocycles. The van der Waals surface area contributed by atoms with Gasteiger partial charge in [-0.3, -0.25) is 4.79 Å². The van der Waals surface area contributed by atoms with Crippen LogP contribution in [0.4, 0.5) is 10.8 Å². The summed E-state index contributed by atoms with van der Waals surface area (Å²) >= 11 is 1.31. The van der Waals surface area contributed by atoms with Crippen LogP contribution in [0, 0.1) is 0 Å². The molecule has 0 aliphatic rings. The summed E-state index contributed by atoms with van der Waals surface area (Å²) in [5.74, 6) is -0.753. The fourth-order valence-corrected chi connectivity index (χ4v) is 3.47. The summed E-state index contributed by atoms with van der Waals surface area (Å²) in [7, 11) is 0. The summed E-state index contributed by atoms with van der Waals surface area (Å²) in [5, 5.41) is 16.8. The quantitative estimate of drug-likeness (QED) is 0.584. The molecule has 3 rings (SSSR count). The Kier molecular flexibility index (Phi) is 5.86. The van der Waals surface area contributed by atoms with E-state index in [0.29, 0.717) is 16.6 Å². The topological polar surface area (TPSA) is 74.2 Å². The first-order valence-electron chi connectivity index (χ1n) is 8.47. The number of hydrogen-bond acceptors (Lipinski definition) is 5. The van der Waals surface area contributed by atoms with Crippen molar-refractivity contribution in [2.75, 3.05) is 17.2 Å². The van der Waals surface area contributed by atoms with Crippen molar-refractivity contribution in [2.24, 2.45) is 0 Å². The van der Waals surface area contributed by atoms with Crippen LogP contribution in [0.25, 0.3) is 0 Å². The maximum Gasteiger partial charge on any atom is 0.232 e. The number of rotatable bonds is 7. The third kappa shape index (κ3) is 4.61. The molecule has 0 aliphatic heterocycles. The molecule has 1 unspecified atom stereocenters. The molecule has 0 spiro atoms. The van der Waals surface area contributed by atoms with Gasteiger partial charge in [0, 0.05) is 12.2 Å². The first-order chi connectivity index (χ1) is 12.6. The first kappa shape index (κ1) is 17.9. The third-order valence-electron chi connectivity index (χ3n) is 4.00. The van der Waals surface area contributed by atoms with Gasteiger partial charge in [-0.05, 0) is 31.0 Å². The van der Waals surface area contributed by atoms with Crippen LogP contribution in [-0.2, 0) is 11.2 Å². The van der Waals surface area contributed by atoms with E-state index in [1.54, 1.807) is 6.92 Å². The molecule has 0 fully saturated rings. The van der Waals surface area contributed by atoms with E-state index in [0.717, 1.165) is 12.1 Å². The van der Waals surface area contributed by atoms with Crippen molar-refractivity contribution in [1.29, 1.82) is 0 Å². The van der Waals surface area contributed by atoms with Crippen molar-refractivity contribution in [1.82, 2.24) is 4.98 Å². The number of carbonyl (C=O) groups is 1. The lowest BCUT2D eigenvalue weighted by Gasteiger charge is -2.10. The molecule has 3 N–H and O–H groups in total. The fraction of sp³-hybridized carbons (Fsp3) is 0.200. The Morgan fingerprint density at radius 3 is 2.46 bits per heavy atom. The summed E-state index contributed by atoms with van der Waals surface area (Å²) in [6.07, 6.45) is 0.862. The van der Waals surface area contributed by atoms with E-state index in [4.69, 9.17) is 0 Å². The van der Waals surface area contributed by atoms with Crippen LogP contribution in [-0.4, -0.2) is 22.5 Å². The van der Waals surface area contributed by atoms with Crippen LogP contribution in [0.15, 0.2) is 60.7 Å². The monoisotopic (exact) mass is 367 g/mol. The highest BCUT2D eigenvalue weighted by molar-refractivity contribution is 7.16. The van der Waals surface area contributed by atoms with Gasteiger partial charge in [0.1, 0.15) is 0 Å². The maximum atomic E-state index is 12.4. The molecule has 134 valence electrons. The lowest BCUT2D eigenvalue weighted by Crippen LogP contribution is -2.18. The predicted octanol–water partition coefficient (Wildman–Crippen LogP) is 4.25. The van der Waals surface area contributed by atoms with Gasteiger partial charge in [0.25, 0.3) is 0 Å². The standard InChI is InChI=1S/C20H21N3O2S/c1-14(18(24)22-16-10-6-3-7-11-16)17-19(25)23-20(26-17)21-13-12-15-8-4-2-5-9-15/h2-11,14,25H,12-13H2,1H3,(H,21,23)(H,22,24). The normalized spacial score (nSPS) is 11.7. The van der Waals surface area contributed by atoms with Crippen LogP contribution in [0.1, 0.15) is 23.3 Å². The van der Waals surface area contributed by atoms with Gasteiger partial charge in [-0.15, -0.1) is 0 Å². The van der Waals surface area contributed by atoms with Gasteiger partial charge in [-0.25, -0.2) is 0 Å². The number of benzene rings is 2. The van der Waals surface area contributed by atoms with E-state index < -0.39 is 5.92 Å². The summed E-state index contributed by atoms with van der Waals surface area (Å²) in [4.78, 5) is 17.1. The Morgan fingerprint density at radius 2 is 1.77 bits per heavy atom. The molecule has 0 saturated carbocycles. The van der Waals surface area contributed by atoms with Crippen molar-refractivity contribution in [3.63, 3.8) is 0 Å². The number of anilines is 2. The van der Waals surface area contributed by atoms with E-state index in [1.165, 1.54) is 16.9 Å². The van der Waals surface area contributed by atoms with E-state index in [-0.39, 0.29) is 11.8 Å². The summed E-state index contributed by atoms with van der Waals surface area (Å²) in [6, 6.07) is 19.4. The number of nitrogens with one attached hydrogen (secondary N) is 2. The molecular formula is C20H21N3O2S. The lowest BCUT2D eigenvalue weighted by atomic mass is 10.1. The molecule has 0 aliphatic carbocycles. The number of amides is 1. The summed E-state index contributed by atoms with van der Waals surface area (Å²) in [6.45, 7) is 2.47. The van der Waals surface area contributed by atoms with Crippen LogP contribution in [0.2, 0.25) is 0 Å². The summed E-state index contributed by atoms with van der Waals surface area (Å²) < 4.78 is 0. The second-order valence-corrected chi connectivity index (χ2v) is 6.98. The zero-order chi connectivity index (χ0) is 18.4. The number of para-hydroxylation sites is 1. The second kappa shape index (κ2) is 8.49. The minimum absolute atomic E-state index is 0.0899. The zero-order valence-electron chi connectivity index (χ0n) is 14.5. The molecule has 26 heavy (non-hydrogen) atoms. The van der Waals surface area contributed by atoms with Gasteiger partial charge >= 0.3 is 0 Å². The Bertz CT molecular complexity index is 850. The molecule has 2 aromatic carbocycles. The second-order valence-electron chi connectivity index (χ2n) is 5.95. The van der Waals surface area contributed by atoms with Crippen LogP contribution in [0.5, 0.6) is 5.88 Å². The lowest BCUT2D eigenvalue weighted by molar-refractivity contribution is -0.117. The van der Waals surface area contributed by atoms with E-state index >= 15 is 0 Å². The predicted molar refractivity (Wildman–Crippen MR) is 106 cm³/mol. The zero-order valence-corrected chi connectivity index (χ0v) is 15.3. The number of aromatic hydroxyl groups is 1. The van der Waals surface area contributed by atoms with E-state index in [9.17, 15) is 9.90 Å². The minimum atomic E-state index is -0.489. The van der Waals surface area contributed by atoms with Crippen molar-refractivity contribution in [2.45, 2.75) is 19.3 Å². The third-order valence-corrected chi connectivity index (χ3v) is 5.18. The Labute approximate surface area is 156 Å². The molecule has 1 amide bonds. The smallest absolute Gasteiger partial charge is 0.232 e. The summed E-state index contributed by atoms with van der Waals surface area (Å²) in [5.41, 5.74) is 1.96. The maximum absolute atomic E-state index is 12.4. The molecule has 0 radical (unpaired) electrons. The van der Waals surface area contributed by atoms with E-state index in [1.807, 2.05) is 48.5 Å². The highest BCUT2D eigenvalue weighted by Crippen LogP contribution is 2.34. The van der Waals surface area contributed by atoms with Gasteiger partial charge in [0.15, 0.2) is 5.13 Å². The molecular weight excluding hydrogens is 346 g/mol. The fourth-order valence-electron chi connectivity index (χ4n) is 2.53. The van der Waals surface area contributed by atoms with Crippen molar-refractivity contribution in [3.05, 3.63) is 71.1 Å². The average Bonchev–Trinajstić information content (AvgIpc) is 3.03. The molecule has 0 saturated heterocycles. The molecule has 6 heteroatoms. The van der Waals surface area contributed by atoms with Gasteiger partial charge < -0.3 is 15.7 Å². The Balaban J connectivity index is 1.59. The number of aromatic nitrogens is 1. The van der Waals surface area contributed by atoms with Crippen LogP contribution in [0.3, 0.4) is 0 Å². The number of carbonyl (C=O) groups excluding carboxylic acids is 1. The van der Waals surface area contributed by atoms with Crippen molar-refractivity contribution >= 4 is 28.1 Å². The molecule has 3 aromatic rings. The van der Waals surface area contributed by atoms with Gasteiger partial charge in [-0.2, -0.15) is 4.98 Å². The van der Waals surface area contributed by atoms with Gasteiger partial charge in [0.2, 0.25) is 11.8 Å². The average molecular weight is 367 g/mol. The number of hydrogen-bond donors (Lipinski definition) is 3. The first-order valence-corrected chi connectivity index (χ1v) is 9.28. The van der Waals surface area contributed by atoms with Gasteiger partial charge in [0.05, 0.1) is 10.8 Å². The molecule has 1 atom stereocenters. The SMILES string of the molecule is CC(C(=O)Nc1ccccc1)c1sc(NCCc2ccccc2)nc1O. The highest BCUT2D eigenvalue weighted by atomic mass is 32.1. The number of nitrogens with zero attached hydrogens (tertiary/aromatic N) is 1. The van der Waals surface area contributed by atoms with Crippen LogP contribution >= 0.6 is 11.3 Å². The molecule has 5 nitrogen and oxygen atoms in total. The Morgan fingerprint density at radius 1 is 1.12 bits per heavy atom. The van der Waals surface area contributed by atoms with Crippen molar-refractivity contribution < 1.29 is 9.90 Å². The van der Waals surface area contributed by atoms with Gasteiger partial charge in [-0.1, -0.05) is 59.9 Å². The Hall–Kier alpha value is -2.86. The van der Waals surface area contributed by atoms with E-state index in [2.05, 4.69) is 27.8 Å².